The lowest BCUT2D eigenvalue weighted by Gasteiger charge is -2.24. The van der Waals surface area contributed by atoms with E-state index in [4.69, 9.17) is 5.73 Å². The van der Waals surface area contributed by atoms with Crippen molar-refractivity contribution < 1.29 is 8.78 Å². The zero-order chi connectivity index (χ0) is 11.5. The summed E-state index contributed by atoms with van der Waals surface area (Å²) < 4.78 is 27.3. The van der Waals surface area contributed by atoms with Crippen molar-refractivity contribution in [2.75, 3.05) is 6.54 Å². The van der Waals surface area contributed by atoms with E-state index in [1.165, 1.54) is 18.2 Å². The van der Waals surface area contributed by atoms with Crippen molar-refractivity contribution in [3.05, 3.63) is 35.1 Å². The molecule has 0 fully saturated rings. The molecule has 2 N–H and O–H groups in total. The van der Waals surface area contributed by atoms with Gasteiger partial charge in [-0.05, 0) is 36.6 Å². The first kappa shape index (κ1) is 12.1. The third-order valence-electron chi connectivity index (χ3n) is 2.65. The Balaban J connectivity index is 3.07. The Hall–Kier alpha value is -0.960. The van der Waals surface area contributed by atoms with Crippen molar-refractivity contribution in [3.63, 3.8) is 0 Å². The van der Waals surface area contributed by atoms with Gasteiger partial charge in [0.15, 0.2) is 0 Å². The van der Waals surface area contributed by atoms with Crippen LogP contribution in [0.15, 0.2) is 18.2 Å². The zero-order valence-corrected chi connectivity index (χ0v) is 9.19. The van der Waals surface area contributed by atoms with Gasteiger partial charge in [0.1, 0.15) is 11.5 Å². The molecule has 1 unspecified atom stereocenters. The Morgan fingerprint density at radius 1 is 1.40 bits per heavy atom. The van der Waals surface area contributed by atoms with E-state index in [0.717, 1.165) is 0 Å². The fourth-order valence-electron chi connectivity index (χ4n) is 1.68. The maximum absolute atomic E-state index is 14.3. The monoisotopic (exact) mass is 213 g/mol. The molecule has 1 rings (SSSR count). The molecule has 0 bridgehead atoms. The predicted molar refractivity (Wildman–Crippen MR) is 57.9 cm³/mol. The highest BCUT2D eigenvalue weighted by molar-refractivity contribution is 5.29. The van der Waals surface area contributed by atoms with Crippen LogP contribution in [0.4, 0.5) is 8.78 Å². The van der Waals surface area contributed by atoms with Crippen molar-refractivity contribution >= 4 is 0 Å². The summed E-state index contributed by atoms with van der Waals surface area (Å²) in [6, 6.07) is 4.31. The molecule has 0 aliphatic carbocycles. The molecule has 1 aromatic rings. The Morgan fingerprint density at radius 2 is 2.07 bits per heavy atom. The van der Waals surface area contributed by atoms with Gasteiger partial charge in [0, 0.05) is 6.54 Å². The number of hydrogen-bond donors (Lipinski definition) is 1. The number of halogens is 2. The molecule has 0 aromatic heterocycles. The molecule has 1 aromatic carbocycles. The molecule has 0 aliphatic heterocycles. The second-order valence-electron chi connectivity index (χ2n) is 3.88. The van der Waals surface area contributed by atoms with Gasteiger partial charge in [0.25, 0.3) is 0 Å². The van der Waals surface area contributed by atoms with Crippen molar-refractivity contribution in [2.45, 2.75) is 32.4 Å². The third kappa shape index (κ3) is 2.53. The molecule has 0 heterocycles. The lowest BCUT2D eigenvalue weighted by Crippen LogP contribution is -2.30. The minimum Gasteiger partial charge on any atom is -0.327 e. The number of nitrogens with two attached hydrogens (primary N) is 1. The molecule has 0 spiro atoms. The summed E-state index contributed by atoms with van der Waals surface area (Å²) in [5.74, 6) is -0.311. The van der Waals surface area contributed by atoms with Crippen molar-refractivity contribution in [1.82, 2.24) is 0 Å². The summed E-state index contributed by atoms with van der Waals surface area (Å²) in [6.45, 7) is 3.47. The minimum absolute atomic E-state index is 0.0636. The van der Waals surface area contributed by atoms with Crippen LogP contribution in [0.5, 0.6) is 0 Å². The van der Waals surface area contributed by atoms with Crippen molar-refractivity contribution in [2.24, 2.45) is 5.73 Å². The van der Waals surface area contributed by atoms with Crippen LogP contribution in [0, 0.1) is 12.7 Å². The molecular formula is C12H17F2N. The van der Waals surface area contributed by atoms with Gasteiger partial charge in [-0.1, -0.05) is 19.4 Å². The lowest BCUT2D eigenvalue weighted by molar-refractivity contribution is 0.159. The Labute approximate surface area is 89.3 Å². The van der Waals surface area contributed by atoms with Crippen LogP contribution in [-0.2, 0) is 5.67 Å². The first-order valence-electron chi connectivity index (χ1n) is 5.19. The van der Waals surface area contributed by atoms with E-state index in [2.05, 4.69) is 0 Å². The van der Waals surface area contributed by atoms with Gasteiger partial charge >= 0.3 is 0 Å². The van der Waals surface area contributed by atoms with Crippen molar-refractivity contribution in [1.29, 1.82) is 0 Å². The van der Waals surface area contributed by atoms with Crippen LogP contribution in [0.1, 0.15) is 30.9 Å². The average Bonchev–Trinajstić information content (AvgIpc) is 2.22. The molecule has 0 amide bonds. The predicted octanol–water partition coefficient (Wildman–Crippen LogP) is 3.06. The van der Waals surface area contributed by atoms with Gasteiger partial charge in [0.2, 0.25) is 0 Å². The van der Waals surface area contributed by atoms with E-state index in [9.17, 15) is 8.78 Å². The van der Waals surface area contributed by atoms with Gasteiger partial charge in [0.05, 0.1) is 0 Å². The quantitative estimate of drug-likeness (QED) is 0.817. The van der Waals surface area contributed by atoms with E-state index in [0.29, 0.717) is 24.0 Å². The molecule has 0 saturated heterocycles. The number of alkyl halides is 1. The first-order valence-corrected chi connectivity index (χ1v) is 5.19. The first-order chi connectivity index (χ1) is 7.03. The fraction of sp³-hybridized carbons (Fsp3) is 0.500. The maximum atomic E-state index is 14.3. The summed E-state index contributed by atoms with van der Waals surface area (Å²) in [5.41, 5.74) is 4.86. The third-order valence-corrected chi connectivity index (χ3v) is 2.65. The minimum atomic E-state index is -1.52. The van der Waals surface area contributed by atoms with E-state index < -0.39 is 5.67 Å². The second kappa shape index (κ2) is 4.71. The van der Waals surface area contributed by atoms with Crippen LogP contribution in [-0.4, -0.2) is 6.54 Å². The molecule has 3 heteroatoms. The van der Waals surface area contributed by atoms with Crippen LogP contribution in [0.2, 0.25) is 0 Å². The van der Waals surface area contributed by atoms with Gasteiger partial charge in [-0.2, -0.15) is 0 Å². The normalized spacial score (nSPS) is 15.0. The van der Waals surface area contributed by atoms with E-state index in [-0.39, 0.29) is 12.4 Å². The highest BCUT2D eigenvalue weighted by atomic mass is 19.1. The number of benzene rings is 1. The number of hydrogen-bond acceptors (Lipinski definition) is 1. The lowest BCUT2D eigenvalue weighted by atomic mass is 9.90. The van der Waals surface area contributed by atoms with Gasteiger partial charge in [-0.25, -0.2) is 8.78 Å². The van der Waals surface area contributed by atoms with Gasteiger partial charge < -0.3 is 5.73 Å². The number of aryl methyl sites for hydroxylation is 1. The summed E-state index contributed by atoms with van der Waals surface area (Å²) in [6.07, 6.45) is 1.08. The molecule has 15 heavy (non-hydrogen) atoms. The van der Waals surface area contributed by atoms with E-state index in [1.807, 2.05) is 6.92 Å². The van der Waals surface area contributed by atoms with Crippen LogP contribution < -0.4 is 5.73 Å². The second-order valence-corrected chi connectivity index (χ2v) is 3.88. The summed E-state index contributed by atoms with van der Waals surface area (Å²) >= 11 is 0. The summed E-state index contributed by atoms with van der Waals surface area (Å²) in [7, 11) is 0. The standard InChI is InChI=1S/C12H17F2N/c1-3-6-12(14,8-15)10-4-5-11(13)9(2)7-10/h4-5,7H,3,6,8,15H2,1-2H3. The Bertz CT molecular complexity index is 338. The fourth-order valence-corrected chi connectivity index (χ4v) is 1.68. The largest absolute Gasteiger partial charge is 0.327 e. The topological polar surface area (TPSA) is 26.0 Å². The molecule has 0 saturated carbocycles. The van der Waals surface area contributed by atoms with Crippen molar-refractivity contribution in [3.8, 4) is 0 Å². The summed E-state index contributed by atoms with van der Waals surface area (Å²) in [4.78, 5) is 0. The molecule has 84 valence electrons. The van der Waals surface area contributed by atoms with Gasteiger partial charge in [-0.3, -0.25) is 0 Å². The number of rotatable bonds is 4. The molecule has 1 atom stereocenters. The molecule has 1 nitrogen and oxygen atoms in total. The smallest absolute Gasteiger partial charge is 0.148 e. The van der Waals surface area contributed by atoms with E-state index >= 15 is 0 Å². The average molecular weight is 213 g/mol. The molecule has 0 aliphatic rings. The molecule has 0 radical (unpaired) electrons. The van der Waals surface area contributed by atoms with Gasteiger partial charge in [-0.15, -0.1) is 0 Å². The molecular weight excluding hydrogens is 196 g/mol. The zero-order valence-electron chi connectivity index (χ0n) is 9.19. The SMILES string of the molecule is CCCC(F)(CN)c1ccc(F)c(C)c1. The Morgan fingerprint density at radius 3 is 2.53 bits per heavy atom. The maximum Gasteiger partial charge on any atom is 0.148 e. The van der Waals surface area contributed by atoms with Crippen LogP contribution in [0.3, 0.4) is 0 Å². The highest BCUT2D eigenvalue weighted by Gasteiger charge is 2.29. The van der Waals surface area contributed by atoms with Crippen LogP contribution >= 0.6 is 0 Å². The highest BCUT2D eigenvalue weighted by Crippen LogP contribution is 2.31. The van der Waals surface area contributed by atoms with Crippen LogP contribution in [0.25, 0.3) is 0 Å². The van der Waals surface area contributed by atoms with E-state index in [1.54, 1.807) is 6.92 Å². The Kier molecular flexibility index (Phi) is 3.80. The summed E-state index contributed by atoms with van der Waals surface area (Å²) in [5, 5.41) is 0.